The van der Waals surface area contributed by atoms with Crippen LogP contribution in [0, 0.1) is 0 Å². The molecule has 0 aromatic heterocycles. The number of hydrogen-bond donors (Lipinski definition) is 1. The zero-order valence-corrected chi connectivity index (χ0v) is 16.4. The van der Waals surface area contributed by atoms with Gasteiger partial charge in [-0.3, -0.25) is 4.79 Å². The summed E-state index contributed by atoms with van der Waals surface area (Å²) in [5.41, 5.74) is 9.31. The number of amides is 1. The lowest BCUT2D eigenvalue weighted by Crippen LogP contribution is -2.16. The van der Waals surface area contributed by atoms with Gasteiger partial charge in [-0.1, -0.05) is 30.3 Å². The smallest absolute Gasteiger partial charge is 0.250 e. The van der Waals surface area contributed by atoms with E-state index < -0.39 is 5.91 Å². The highest BCUT2D eigenvalue weighted by atomic mass is 79.9. The van der Waals surface area contributed by atoms with Crippen molar-refractivity contribution in [3.8, 4) is 11.1 Å². The van der Waals surface area contributed by atoms with Gasteiger partial charge in [-0.2, -0.15) is 0 Å². The van der Waals surface area contributed by atoms with Crippen LogP contribution >= 0.6 is 15.9 Å². The molecule has 2 aromatic carbocycles. The van der Waals surface area contributed by atoms with Gasteiger partial charge in [-0.25, -0.2) is 0 Å². The van der Waals surface area contributed by atoms with Gasteiger partial charge in [-0.15, -0.1) is 0 Å². The lowest BCUT2D eigenvalue weighted by atomic mass is 9.92. The molecule has 0 radical (unpaired) electrons. The minimum Gasteiger partial charge on any atom is -0.366 e. The van der Waals surface area contributed by atoms with E-state index >= 15 is 0 Å². The fraction of sp³-hybridized carbons (Fsp3) is 0.316. The van der Waals surface area contributed by atoms with Crippen LogP contribution in [0.15, 0.2) is 40.9 Å². The number of halogens is 1. The van der Waals surface area contributed by atoms with Crippen molar-refractivity contribution >= 4 is 21.8 Å². The lowest BCUT2D eigenvalue weighted by molar-refractivity contribution is -0.0407. The highest BCUT2D eigenvalue weighted by Crippen LogP contribution is 2.36. The maximum atomic E-state index is 12.2. The Labute approximate surface area is 161 Å². The molecule has 0 bridgehead atoms. The van der Waals surface area contributed by atoms with E-state index in [4.69, 9.17) is 24.7 Å². The number of rotatable bonds is 10. The number of carbonyl (C=O) groups excluding carboxylic acids is 1. The second-order valence-electron chi connectivity index (χ2n) is 5.50. The summed E-state index contributed by atoms with van der Waals surface area (Å²) in [5.74, 6) is -0.530. The molecule has 2 aromatic rings. The molecule has 0 heterocycles. The molecular weight excluding hydrogens is 402 g/mol. The first-order valence-corrected chi connectivity index (χ1v) is 8.72. The summed E-state index contributed by atoms with van der Waals surface area (Å²) in [7, 11) is 3.10. The highest BCUT2D eigenvalue weighted by molar-refractivity contribution is 9.10. The standard InChI is InChI=1S/C19H22BrNO5/c1-23-11-25-9-14-8-15(10-26-12-24-2)18(20)17(19(21)22)16(14)13-6-4-3-5-7-13/h3-8H,9-12H2,1-2H3,(H2,21,22). The number of benzene rings is 2. The van der Waals surface area contributed by atoms with E-state index in [1.165, 1.54) is 0 Å². The first-order valence-electron chi connectivity index (χ1n) is 7.93. The number of hydrogen-bond acceptors (Lipinski definition) is 5. The van der Waals surface area contributed by atoms with E-state index in [0.29, 0.717) is 10.0 Å². The molecule has 0 saturated carbocycles. The van der Waals surface area contributed by atoms with E-state index in [1.54, 1.807) is 14.2 Å². The summed E-state index contributed by atoms with van der Waals surface area (Å²) in [6, 6.07) is 11.5. The zero-order valence-electron chi connectivity index (χ0n) is 14.8. The van der Waals surface area contributed by atoms with Crippen molar-refractivity contribution in [2.24, 2.45) is 5.73 Å². The van der Waals surface area contributed by atoms with Crippen molar-refractivity contribution in [3.63, 3.8) is 0 Å². The Morgan fingerprint density at radius 1 is 1.00 bits per heavy atom. The van der Waals surface area contributed by atoms with Gasteiger partial charge in [0.15, 0.2) is 0 Å². The van der Waals surface area contributed by atoms with Crippen molar-refractivity contribution in [3.05, 3.63) is 57.6 Å². The Kier molecular flexibility index (Phi) is 8.21. The van der Waals surface area contributed by atoms with Crippen LogP contribution < -0.4 is 5.73 Å². The molecule has 0 aliphatic carbocycles. The Bertz CT molecular complexity index is 736. The molecule has 0 unspecified atom stereocenters. The third kappa shape index (κ3) is 5.12. The molecule has 1 amide bonds. The van der Waals surface area contributed by atoms with Crippen LogP contribution in [0.3, 0.4) is 0 Å². The molecule has 0 aliphatic heterocycles. The molecule has 7 heteroatoms. The Morgan fingerprint density at radius 2 is 1.58 bits per heavy atom. The monoisotopic (exact) mass is 423 g/mol. The summed E-state index contributed by atoms with van der Waals surface area (Å²) >= 11 is 3.51. The van der Waals surface area contributed by atoms with Crippen LogP contribution in [0.2, 0.25) is 0 Å². The molecule has 0 fully saturated rings. The number of ether oxygens (including phenoxy) is 4. The summed E-state index contributed by atoms with van der Waals surface area (Å²) in [4.78, 5) is 12.2. The van der Waals surface area contributed by atoms with E-state index in [0.717, 1.165) is 22.3 Å². The van der Waals surface area contributed by atoms with Gasteiger partial charge in [0.05, 0.1) is 18.8 Å². The summed E-state index contributed by atoms with van der Waals surface area (Å²) < 4.78 is 21.4. The van der Waals surface area contributed by atoms with E-state index in [9.17, 15) is 4.79 Å². The second kappa shape index (κ2) is 10.4. The second-order valence-corrected chi connectivity index (χ2v) is 6.29. The molecule has 2 N–H and O–H groups in total. The molecule has 0 saturated heterocycles. The van der Waals surface area contributed by atoms with Gasteiger partial charge in [0.25, 0.3) is 5.91 Å². The number of carbonyl (C=O) groups is 1. The van der Waals surface area contributed by atoms with E-state index in [-0.39, 0.29) is 26.8 Å². The molecule has 2 rings (SSSR count). The topological polar surface area (TPSA) is 80.0 Å². The lowest BCUT2D eigenvalue weighted by Gasteiger charge is -2.19. The average molecular weight is 424 g/mol. The molecule has 0 spiro atoms. The largest absolute Gasteiger partial charge is 0.366 e. The van der Waals surface area contributed by atoms with Crippen molar-refractivity contribution in [1.82, 2.24) is 0 Å². The normalized spacial score (nSPS) is 10.9. The third-order valence-electron chi connectivity index (χ3n) is 3.65. The first-order chi connectivity index (χ1) is 12.6. The zero-order chi connectivity index (χ0) is 18.9. The maximum absolute atomic E-state index is 12.2. The molecular formula is C19H22BrNO5. The average Bonchev–Trinajstić information content (AvgIpc) is 2.64. The molecule has 140 valence electrons. The fourth-order valence-electron chi connectivity index (χ4n) is 2.63. The predicted octanol–water partition coefficient (Wildman–Crippen LogP) is 3.46. The molecule has 26 heavy (non-hydrogen) atoms. The third-order valence-corrected chi connectivity index (χ3v) is 4.55. The van der Waals surface area contributed by atoms with Crippen molar-refractivity contribution in [2.75, 3.05) is 27.8 Å². The van der Waals surface area contributed by atoms with Crippen LogP contribution in [0.5, 0.6) is 0 Å². The Balaban J connectivity index is 2.57. The SMILES string of the molecule is COCOCc1cc(COCOC)c(-c2ccccc2)c(C(N)=O)c1Br. The molecule has 0 atom stereocenters. The van der Waals surface area contributed by atoms with Gasteiger partial charge in [0.1, 0.15) is 13.6 Å². The highest BCUT2D eigenvalue weighted by Gasteiger charge is 2.21. The van der Waals surface area contributed by atoms with Crippen LogP contribution in [0.1, 0.15) is 21.5 Å². The van der Waals surface area contributed by atoms with Gasteiger partial charge in [0.2, 0.25) is 0 Å². The van der Waals surface area contributed by atoms with Gasteiger partial charge < -0.3 is 24.7 Å². The van der Waals surface area contributed by atoms with Crippen LogP contribution in [0.25, 0.3) is 11.1 Å². The number of primary amides is 1. The number of nitrogens with two attached hydrogens (primary N) is 1. The van der Waals surface area contributed by atoms with Gasteiger partial charge >= 0.3 is 0 Å². The molecule has 6 nitrogen and oxygen atoms in total. The summed E-state index contributed by atoms with van der Waals surface area (Å²) in [6.07, 6.45) is 0. The van der Waals surface area contributed by atoms with Crippen molar-refractivity contribution in [2.45, 2.75) is 13.2 Å². The van der Waals surface area contributed by atoms with Crippen LogP contribution in [-0.2, 0) is 32.2 Å². The first kappa shape index (κ1) is 20.5. The molecule has 0 aliphatic rings. The fourth-order valence-corrected chi connectivity index (χ4v) is 3.25. The van der Waals surface area contributed by atoms with Crippen molar-refractivity contribution in [1.29, 1.82) is 0 Å². The van der Waals surface area contributed by atoms with Crippen LogP contribution in [0.4, 0.5) is 0 Å². The summed E-state index contributed by atoms with van der Waals surface area (Å²) in [5, 5.41) is 0. The van der Waals surface area contributed by atoms with E-state index in [1.807, 2.05) is 36.4 Å². The van der Waals surface area contributed by atoms with Crippen LogP contribution in [-0.4, -0.2) is 33.7 Å². The summed E-state index contributed by atoms with van der Waals surface area (Å²) in [6.45, 7) is 0.823. The van der Waals surface area contributed by atoms with Gasteiger partial charge in [0, 0.05) is 24.3 Å². The Morgan fingerprint density at radius 3 is 2.12 bits per heavy atom. The van der Waals surface area contributed by atoms with Crippen molar-refractivity contribution < 1.29 is 23.7 Å². The Hall–Kier alpha value is -1.77. The minimum absolute atomic E-state index is 0.145. The van der Waals surface area contributed by atoms with E-state index in [2.05, 4.69) is 15.9 Å². The predicted molar refractivity (Wildman–Crippen MR) is 101 cm³/mol. The minimum atomic E-state index is -0.530. The number of methoxy groups -OCH3 is 2. The quantitative estimate of drug-likeness (QED) is 0.467. The maximum Gasteiger partial charge on any atom is 0.250 e. The van der Waals surface area contributed by atoms with Gasteiger partial charge in [-0.05, 0) is 38.7 Å².